The van der Waals surface area contributed by atoms with Gasteiger partial charge in [-0.2, -0.15) is 0 Å². The summed E-state index contributed by atoms with van der Waals surface area (Å²) in [6.07, 6.45) is 4.25. The summed E-state index contributed by atoms with van der Waals surface area (Å²) in [5, 5.41) is 10.1. The Labute approximate surface area is 161 Å². The summed E-state index contributed by atoms with van der Waals surface area (Å²) < 4.78 is 16.1. The summed E-state index contributed by atoms with van der Waals surface area (Å²) >= 11 is 0. The number of hydrogen-bond donors (Lipinski definition) is 1. The van der Waals surface area contributed by atoms with Gasteiger partial charge in [0.15, 0.2) is 0 Å². The minimum absolute atomic E-state index is 0.268. The van der Waals surface area contributed by atoms with Crippen molar-refractivity contribution in [3.8, 4) is 11.3 Å². The Morgan fingerprint density at radius 2 is 1.93 bits per heavy atom. The maximum Gasteiger partial charge on any atom is 0.335 e. The Hall–Kier alpha value is -3.47. The molecular weight excluding hydrogens is 355 g/mol. The molecule has 0 aliphatic rings. The lowest BCUT2D eigenvalue weighted by molar-refractivity contribution is 0.0697. The number of carbonyl (C=O) groups is 1. The van der Waals surface area contributed by atoms with Gasteiger partial charge in [0.05, 0.1) is 16.8 Å². The van der Waals surface area contributed by atoms with Crippen LogP contribution in [0.4, 0.5) is 4.39 Å². The van der Waals surface area contributed by atoms with Crippen molar-refractivity contribution in [2.24, 2.45) is 0 Å². The minimum atomic E-state index is -0.937. The van der Waals surface area contributed by atoms with Crippen LogP contribution in [0.1, 0.15) is 21.5 Å². The van der Waals surface area contributed by atoms with Crippen LogP contribution in [0.2, 0.25) is 0 Å². The van der Waals surface area contributed by atoms with E-state index in [1.54, 1.807) is 24.4 Å². The third-order valence-corrected chi connectivity index (χ3v) is 5.04. The lowest BCUT2D eigenvalue weighted by atomic mass is 10.1. The van der Waals surface area contributed by atoms with Crippen LogP contribution >= 0.6 is 0 Å². The number of carboxylic acids is 1. The highest BCUT2D eigenvalue weighted by Crippen LogP contribution is 2.33. The second-order valence-electron chi connectivity index (χ2n) is 6.78. The van der Waals surface area contributed by atoms with E-state index in [0.717, 1.165) is 33.3 Å². The molecule has 0 aliphatic heterocycles. The number of aromatic carboxylic acids is 1. The number of nitrogens with zero attached hydrogens (tertiary/aromatic N) is 2. The second-order valence-corrected chi connectivity index (χ2v) is 6.78. The molecule has 4 rings (SSSR count). The summed E-state index contributed by atoms with van der Waals surface area (Å²) in [7, 11) is 0. The molecule has 0 aliphatic carbocycles. The Bertz CT molecular complexity index is 1150. The minimum Gasteiger partial charge on any atom is -0.478 e. The monoisotopic (exact) mass is 374 g/mol. The van der Waals surface area contributed by atoms with Crippen molar-refractivity contribution >= 4 is 16.9 Å². The number of pyridine rings is 1. The van der Waals surface area contributed by atoms with Crippen molar-refractivity contribution < 1.29 is 14.3 Å². The van der Waals surface area contributed by atoms with Crippen LogP contribution in [0.3, 0.4) is 0 Å². The van der Waals surface area contributed by atoms with Crippen molar-refractivity contribution in [1.29, 1.82) is 0 Å². The SMILES string of the molecule is Cc1c(-c2cccnc2)n(CCc2ccc(C(=O)O)cc2)c2cc(F)ccc12. The third-order valence-electron chi connectivity index (χ3n) is 5.04. The number of halogens is 1. The Morgan fingerprint density at radius 1 is 1.14 bits per heavy atom. The van der Waals surface area contributed by atoms with Crippen LogP contribution in [0.15, 0.2) is 67.0 Å². The molecule has 0 radical (unpaired) electrons. The van der Waals surface area contributed by atoms with Crippen LogP contribution in [0, 0.1) is 12.7 Å². The van der Waals surface area contributed by atoms with Crippen molar-refractivity contribution in [1.82, 2.24) is 9.55 Å². The van der Waals surface area contributed by atoms with Gasteiger partial charge in [-0.15, -0.1) is 0 Å². The van der Waals surface area contributed by atoms with E-state index in [0.29, 0.717) is 13.0 Å². The van der Waals surface area contributed by atoms with Gasteiger partial charge in [0, 0.05) is 29.9 Å². The largest absolute Gasteiger partial charge is 0.478 e. The Balaban J connectivity index is 1.76. The Morgan fingerprint density at radius 3 is 2.61 bits per heavy atom. The highest BCUT2D eigenvalue weighted by molar-refractivity contribution is 5.91. The molecule has 140 valence electrons. The molecule has 2 aromatic heterocycles. The third kappa shape index (κ3) is 3.27. The highest BCUT2D eigenvalue weighted by Gasteiger charge is 2.16. The fourth-order valence-corrected chi connectivity index (χ4v) is 3.66. The van der Waals surface area contributed by atoms with E-state index < -0.39 is 5.97 Å². The van der Waals surface area contributed by atoms with E-state index in [4.69, 9.17) is 5.11 Å². The fraction of sp³-hybridized carbons (Fsp3) is 0.130. The summed E-state index contributed by atoms with van der Waals surface area (Å²) in [6, 6.07) is 15.6. The first-order chi connectivity index (χ1) is 13.5. The number of benzene rings is 2. The van der Waals surface area contributed by atoms with Crippen molar-refractivity contribution in [2.45, 2.75) is 19.9 Å². The molecule has 0 saturated heterocycles. The number of rotatable bonds is 5. The topological polar surface area (TPSA) is 55.1 Å². The molecule has 28 heavy (non-hydrogen) atoms. The van der Waals surface area contributed by atoms with Gasteiger partial charge in [0.2, 0.25) is 0 Å². The first kappa shape index (κ1) is 17.9. The van der Waals surface area contributed by atoms with Crippen LogP contribution in [-0.4, -0.2) is 20.6 Å². The normalized spacial score (nSPS) is 11.1. The molecule has 2 heterocycles. The van der Waals surface area contributed by atoms with E-state index in [1.807, 2.05) is 43.5 Å². The summed E-state index contributed by atoms with van der Waals surface area (Å²) in [5.41, 5.74) is 5.23. The zero-order chi connectivity index (χ0) is 19.7. The van der Waals surface area contributed by atoms with Gasteiger partial charge < -0.3 is 9.67 Å². The first-order valence-electron chi connectivity index (χ1n) is 9.05. The predicted molar refractivity (Wildman–Crippen MR) is 107 cm³/mol. The van der Waals surface area contributed by atoms with Gasteiger partial charge >= 0.3 is 5.97 Å². The molecule has 0 saturated carbocycles. The van der Waals surface area contributed by atoms with Crippen LogP contribution in [0.5, 0.6) is 0 Å². The number of carboxylic acid groups (broad SMARTS) is 1. The average Bonchev–Trinajstić information content (AvgIpc) is 2.98. The molecule has 1 N–H and O–H groups in total. The molecule has 4 nitrogen and oxygen atoms in total. The highest BCUT2D eigenvalue weighted by atomic mass is 19.1. The molecule has 0 spiro atoms. The number of aromatic nitrogens is 2. The zero-order valence-electron chi connectivity index (χ0n) is 15.4. The average molecular weight is 374 g/mol. The summed E-state index contributed by atoms with van der Waals surface area (Å²) in [4.78, 5) is 15.3. The lowest BCUT2D eigenvalue weighted by Crippen LogP contribution is -2.04. The van der Waals surface area contributed by atoms with Gasteiger partial charge in [-0.1, -0.05) is 12.1 Å². The van der Waals surface area contributed by atoms with Crippen molar-refractivity contribution in [2.75, 3.05) is 0 Å². The quantitative estimate of drug-likeness (QED) is 0.529. The molecule has 0 bridgehead atoms. The molecule has 0 atom stereocenters. The molecule has 0 unspecified atom stereocenters. The van der Waals surface area contributed by atoms with E-state index in [9.17, 15) is 9.18 Å². The maximum absolute atomic E-state index is 14.0. The van der Waals surface area contributed by atoms with Crippen LogP contribution in [0.25, 0.3) is 22.2 Å². The first-order valence-corrected chi connectivity index (χ1v) is 9.05. The smallest absolute Gasteiger partial charge is 0.335 e. The summed E-state index contributed by atoms with van der Waals surface area (Å²) in [5.74, 6) is -1.21. The standard InChI is InChI=1S/C23H19FN2O2/c1-15-20-9-8-19(24)13-21(20)26(22(15)18-3-2-11-25-14-18)12-10-16-4-6-17(7-5-16)23(27)28/h2-9,11,13-14H,10,12H2,1H3,(H,27,28). The molecular formula is C23H19FN2O2. The van der Waals surface area contributed by atoms with E-state index in [1.165, 1.54) is 6.07 Å². The number of hydrogen-bond acceptors (Lipinski definition) is 2. The molecule has 4 aromatic rings. The Kier molecular flexibility index (Phi) is 4.65. The number of aryl methyl sites for hydroxylation is 3. The molecule has 0 fully saturated rings. The lowest BCUT2D eigenvalue weighted by Gasteiger charge is -2.12. The van der Waals surface area contributed by atoms with Gasteiger partial charge in [-0.25, -0.2) is 9.18 Å². The second kappa shape index (κ2) is 7.27. The molecule has 5 heteroatoms. The van der Waals surface area contributed by atoms with Crippen LogP contribution in [-0.2, 0) is 13.0 Å². The van der Waals surface area contributed by atoms with Gasteiger partial charge in [0.25, 0.3) is 0 Å². The summed E-state index contributed by atoms with van der Waals surface area (Å²) in [6.45, 7) is 2.69. The number of fused-ring (bicyclic) bond motifs is 1. The van der Waals surface area contributed by atoms with E-state index in [2.05, 4.69) is 9.55 Å². The zero-order valence-corrected chi connectivity index (χ0v) is 15.4. The van der Waals surface area contributed by atoms with Gasteiger partial charge in [-0.3, -0.25) is 4.98 Å². The van der Waals surface area contributed by atoms with E-state index >= 15 is 0 Å². The van der Waals surface area contributed by atoms with Crippen molar-refractivity contribution in [3.63, 3.8) is 0 Å². The van der Waals surface area contributed by atoms with Crippen molar-refractivity contribution in [3.05, 3.63) is 89.5 Å². The van der Waals surface area contributed by atoms with Crippen LogP contribution < -0.4 is 0 Å². The van der Waals surface area contributed by atoms with E-state index in [-0.39, 0.29) is 11.4 Å². The molecule has 2 aromatic carbocycles. The predicted octanol–water partition coefficient (Wildman–Crippen LogP) is 5.09. The van der Waals surface area contributed by atoms with Gasteiger partial charge in [0.1, 0.15) is 5.82 Å². The van der Waals surface area contributed by atoms with Gasteiger partial charge in [-0.05, 0) is 66.9 Å². The molecule has 0 amide bonds. The fourth-order valence-electron chi connectivity index (χ4n) is 3.66. The maximum atomic E-state index is 14.0.